The fourth-order valence-electron chi connectivity index (χ4n) is 1.53. The van der Waals surface area contributed by atoms with E-state index < -0.39 is 5.54 Å². The van der Waals surface area contributed by atoms with Gasteiger partial charge in [0, 0.05) is 11.1 Å². The maximum Gasteiger partial charge on any atom is 0.240 e. The van der Waals surface area contributed by atoms with Gasteiger partial charge in [0.1, 0.15) is 5.01 Å². The van der Waals surface area contributed by atoms with E-state index in [0.29, 0.717) is 0 Å². The van der Waals surface area contributed by atoms with E-state index in [1.807, 2.05) is 40.8 Å². The summed E-state index contributed by atoms with van der Waals surface area (Å²) in [5.41, 5.74) is -0.546. The molecule has 1 heterocycles. The van der Waals surface area contributed by atoms with Crippen molar-refractivity contribution in [2.24, 2.45) is 0 Å². The molecule has 0 saturated heterocycles. The van der Waals surface area contributed by atoms with Crippen molar-refractivity contribution in [1.29, 1.82) is 0 Å². The lowest BCUT2D eigenvalue weighted by atomic mass is 10.0. The highest BCUT2D eigenvalue weighted by molar-refractivity contribution is 7.11. The summed E-state index contributed by atoms with van der Waals surface area (Å²) in [5, 5.41) is 7.08. The van der Waals surface area contributed by atoms with Gasteiger partial charge >= 0.3 is 0 Å². The lowest BCUT2D eigenvalue weighted by Gasteiger charge is -2.26. The van der Waals surface area contributed by atoms with Crippen molar-refractivity contribution in [3.8, 4) is 0 Å². The molecule has 1 unspecified atom stereocenters. The van der Waals surface area contributed by atoms with Crippen LogP contribution in [0.15, 0.2) is 6.20 Å². The van der Waals surface area contributed by atoms with Crippen LogP contribution >= 0.6 is 11.3 Å². The van der Waals surface area contributed by atoms with Gasteiger partial charge in [-0.2, -0.15) is 0 Å². The SMILES string of the molecule is CCNC(C)(C)C(=O)NC(C)c1ncc(C)s1. The van der Waals surface area contributed by atoms with E-state index >= 15 is 0 Å². The minimum absolute atomic E-state index is 0.000275. The van der Waals surface area contributed by atoms with Crippen molar-refractivity contribution >= 4 is 17.2 Å². The fourth-order valence-corrected chi connectivity index (χ4v) is 2.31. The molecule has 0 aromatic carbocycles. The highest BCUT2D eigenvalue weighted by Crippen LogP contribution is 2.19. The first-order chi connectivity index (χ1) is 7.86. The Labute approximate surface area is 107 Å². The van der Waals surface area contributed by atoms with Crippen molar-refractivity contribution < 1.29 is 4.79 Å². The average Bonchev–Trinajstić information content (AvgIpc) is 2.64. The lowest BCUT2D eigenvalue weighted by Crippen LogP contribution is -2.52. The molecule has 0 aliphatic heterocycles. The van der Waals surface area contributed by atoms with Crippen molar-refractivity contribution in [2.75, 3.05) is 6.54 Å². The van der Waals surface area contributed by atoms with E-state index in [1.54, 1.807) is 11.3 Å². The van der Waals surface area contributed by atoms with Gasteiger partial charge in [-0.3, -0.25) is 4.79 Å². The van der Waals surface area contributed by atoms with Crippen LogP contribution in [0.2, 0.25) is 0 Å². The summed E-state index contributed by atoms with van der Waals surface area (Å²) in [6.07, 6.45) is 1.83. The Morgan fingerprint density at radius 3 is 2.71 bits per heavy atom. The molecule has 4 nitrogen and oxygen atoms in total. The zero-order valence-corrected chi connectivity index (χ0v) is 11.9. The number of rotatable bonds is 5. The van der Waals surface area contributed by atoms with Crippen molar-refractivity contribution in [3.63, 3.8) is 0 Å². The van der Waals surface area contributed by atoms with E-state index in [-0.39, 0.29) is 11.9 Å². The van der Waals surface area contributed by atoms with E-state index in [9.17, 15) is 4.79 Å². The van der Waals surface area contributed by atoms with E-state index in [0.717, 1.165) is 16.4 Å². The number of amides is 1. The summed E-state index contributed by atoms with van der Waals surface area (Å²) in [4.78, 5) is 17.5. The maximum absolute atomic E-state index is 12.0. The van der Waals surface area contributed by atoms with Crippen LogP contribution in [-0.4, -0.2) is 23.0 Å². The second-order valence-corrected chi connectivity index (χ2v) is 5.93. The van der Waals surface area contributed by atoms with Crippen molar-refractivity contribution in [1.82, 2.24) is 15.6 Å². The van der Waals surface area contributed by atoms with Crippen LogP contribution in [0.3, 0.4) is 0 Å². The molecule has 0 bridgehead atoms. The summed E-state index contributed by atoms with van der Waals surface area (Å²) < 4.78 is 0. The van der Waals surface area contributed by atoms with Crippen molar-refractivity contribution in [3.05, 3.63) is 16.1 Å². The van der Waals surface area contributed by atoms with Gasteiger partial charge in [-0.25, -0.2) is 4.98 Å². The predicted molar refractivity (Wildman–Crippen MR) is 71.2 cm³/mol. The second-order valence-electron chi connectivity index (χ2n) is 4.66. The number of carbonyl (C=O) groups excluding carboxylic acids is 1. The summed E-state index contributed by atoms with van der Waals surface area (Å²) >= 11 is 1.62. The number of hydrogen-bond donors (Lipinski definition) is 2. The van der Waals surface area contributed by atoms with Gasteiger partial charge in [0.15, 0.2) is 0 Å². The molecule has 0 aliphatic carbocycles. The van der Waals surface area contributed by atoms with Gasteiger partial charge in [-0.15, -0.1) is 11.3 Å². The molecule has 5 heteroatoms. The number of carbonyl (C=O) groups is 1. The van der Waals surface area contributed by atoms with Gasteiger partial charge in [-0.05, 0) is 34.2 Å². The normalized spacial score (nSPS) is 13.5. The average molecular weight is 255 g/mol. The van der Waals surface area contributed by atoms with Gasteiger partial charge in [0.05, 0.1) is 11.6 Å². The predicted octanol–water partition coefficient (Wildman–Crippen LogP) is 2.02. The highest BCUT2D eigenvalue weighted by Gasteiger charge is 2.27. The number of nitrogens with zero attached hydrogens (tertiary/aromatic N) is 1. The number of hydrogen-bond acceptors (Lipinski definition) is 4. The Kier molecular flexibility index (Phi) is 4.65. The van der Waals surface area contributed by atoms with Crippen LogP contribution in [0.1, 0.15) is 43.6 Å². The van der Waals surface area contributed by atoms with Crippen LogP contribution in [0, 0.1) is 6.92 Å². The molecule has 0 spiro atoms. The fraction of sp³-hybridized carbons (Fsp3) is 0.667. The van der Waals surface area contributed by atoms with Gasteiger partial charge in [0.2, 0.25) is 5.91 Å². The molecule has 1 atom stereocenters. The molecule has 1 rings (SSSR count). The second kappa shape index (κ2) is 5.60. The van der Waals surface area contributed by atoms with Gasteiger partial charge in [0.25, 0.3) is 0 Å². The summed E-state index contributed by atoms with van der Waals surface area (Å²) in [5.74, 6) is -0.000275. The molecule has 0 fully saturated rings. The molecule has 1 amide bonds. The number of likely N-dealkylation sites (N-methyl/N-ethyl adjacent to an activating group) is 1. The Morgan fingerprint density at radius 1 is 1.59 bits per heavy atom. The lowest BCUT2D eigenvalue weighted by molar-refractivity contribution is -0.127. The van der Waals surface area contributed by atoms with Crippen LogP contribution in [0.25, 0.3) is 0 Å². The Bertz CT molecular complexity index is 387. The summed E-state index contributed by atoms with van der Waals surface area (Å²) in [6.45, 7) is 10.5. The minimum Gasteiger partial charge on any atom is -0.346 e. The van der Waals surface area contributed by atoms with Crippen LogP contribution in [0.4, 0.5) is 0 Å². The van der Waals surface area contributed by atoms with Gasteiger partial charge in [-0.1, -0.05) is 6.92 Å². The third-order valence-electron chi connectivity index (χ3n) is 2.54. The number of thiazole rings is 1. The van der Waals surface area contributed by atoms with Crippen molar-refractivity contribution in [2.45, 2.75) is 46.2 Å². The standard InChI is InChI=1S/C12H21N3OS/c1-6-14-12(4,5)11(16)15-9(3)10-13-7-8(2)17-10/h7,9,14H,6H2,1-5H3,(H,15,16). The molecule has 2 N–H and O–H groups in total. The topological polar surface area (TPSA) is 54.0 Å². The molecular formula is C12H21N3OS. The Hall–Kier alpha value is -0.940. The first-order valence-electron chi connectivity index (χ1n) is 5.85. The summed E-state index contributed by atoms with van der Waals surface area (Å²) in [6, 6.07) is -0.0425. The summed E-state index contributed by atoms with van der Waals surface area (Å²) in [7, 11) is 0. The Balaban J connectivity index is 2.63. The molecule has 0 aliphatic rings. The highest BCUT2D eigenvalue weighted by atomic mass is 32.1. The first-order valence-corrected chi connectivity index (χ1v) is 6.66. The van der Waals surface area contributed by atoms with Crippen LogP contribution in [0.5, 0.6) is 0 Å². The molecule has 17 heavy (non-hydrogen) atoms. The van der Waals surface area contributed by atoms with E-state index in [2.05, 4.69) is 15.6 Å². The van der Waals surface area contributed by atoms with E-state index in [4.69, 9.17) is 0 Å². The molecule has 0 saturated carbocycles. The first kappa shape index (κ1) is 14.1. The molecule has 0 radical (unpaired) electrons. The quantitative estimate of drug-likeness (QED) is 0.846. The zero-order valence-electron chi connectivity index (χ0n) is 11.1. The maximum atomic E-state index is 12.0. The third-order valence-corrected chi connectivity index (χ3v) is 3.64. The molecular weight excluding hydrogens is 234 g/mol. The third kappa shape index (κ3) is 3.78. The van der Waals surface area contributed by atoms with Crippen LogP contribution < -0.4 is 10.6 Å². The largest absolute Gasteiger partial charge is 0.346 e. The monoisotopic (exact) mass is 255 g/mol. The molecule has 1 aromatic heterocycles. The van der Waals surface area contributed by atoms with Gasteiger partial charge < -0.3 is 10.6 Å². The number of nitrogens with one attached hydrogen (secondary N) is 2. The molecule has 96 valence electrons. The minimum atomic E-state index is -0.546. The smallest absolute Gasteiger partial charge is 0.240 e. The number of aromatic nitrogens is 1. The zero-order chi connectivity index (χ0) is 13.1. The van der Waals surface area contributed by atoms with Crippen LogP contribution in [-0.2, 0) is 4.79 Å². The van der Waals surface area contributed by atoms with E-state index in [1.165, 1.54) is 0 Å². The Morgan fingerprint density at radius 2 is 2.24 bits per heavy atom. The number of aryl methyl sites for hydroxylation is 1. The molecule has 1 aromatic rings.